The third-order valence-electron chi connectivity index (χ3n) is 0.867. The molecule has 0 fully saturated rings. The monoisotopic (exact) mass is 200 g/mol. The molecule has 0 aromatic heterocycles. The molecule has 0 saturated heterocycles. The SMILES string of the molecule is CC(=C=C(Cl)C(F)(F)F)C(=O)O. The van der Waals surface area contributed by atoms with Crippen molar-refractivity contribution in [3.05, 3.63) is 16.3 Å². The summed E-state index contributed by atoms with van der Waals surface area (Å²) in [6.45, 7) is 0.969. The van der Waals surface area contributed by atoms with Crippen molar-refractivity contribution in [1.82, 2.24) is 0 Å². The molecular weight excluding hydrogens is 197 g/mol. The quantitative estimate of drug-likeness (QED) is 0.521. The van der Waals surface area contributed by atoms with Crippen molar-refractivity contribution < 1.29 is 23.1 Å². The van der Waals surface area contributed by atoms with Gasteiger partial charge in [0.05, 0.1) is 5.57 Å². The minimum Gasteiger partial charge on any atom is -0.477 e. The Balaban J connectivity index is 5.01. The number of carboxylic acids is 1. The number of aliphatic carboxylic acids is 1. The number of rotatable bonds is 1. The van der Waals surface area contributed by atoms with E-state index in [0.717, 1.165) is 6.92 Å². The van der Waals surface area contributed by atoms with Gasteiger partial charge in [-0.2, -0.15) is 13.2 Å². The maximum Gasteiger partial charge on any atom is 0.434 e. The first-order valence-corrected chi connectivity index (χ1v) is 3.06. The number of hydrogen-bond acceptors (Lipinski definition) is 1. The van der Waals surface area contributed by atoms with E-state index in [1.165, 1.54) is 5.73 Å². The van der Waals surface area contributed by atoms with E-state index in [1.54, 1.807) is 0 Å². The number of halogens is 4. The van der Waals surface area contributed by atoms with Crippen LogP contribution in [-0.4, -0.2) is 17.3 Å². The highest BCUT2D eigenvalue weighted by molar-refractivity contribution is 6.30. The van der Waals surface area contributed by atoms with Gasteiger partial charge in [0.15, 0.2) is 5.03 Å². The Morgan fingerprint density at radius 2 is 1.92 bits per heavy atom. The van der Waals surface area contributed by atoms with Gasteiger partial charge in [-0.1, -0.05) is 17.3 Å². The number of carboxylic acid groups (broad SMARTS) is 1. The fraction of sp³-hybridized carbons (Fsp3) is 0.333. The van der Waals surface area contributed by atoms with Crippen LogP contribution in [-0.2, 0) is 4.79 Å². The van der Waals surface area contributed by atoms with Gasteiger partial charge in [-0.3, -0.25) is 0 Å². The lowest BCUT2D eigenvalue weighted by atomic mass is 10.3. The van der Waals surface area contributed by atoms with Gasteiger partial charge in [-0.15, -0.1) is 0 Å². The zero-order chi connectivity index (χ0) is 9.94. The molecule has 0 unspecified atom stereocenters. The predicted octanol–water partition coefficient (Wildman–Crippen LogP) is 2.30. The third kappa shape index (κ3) is 3.46. The van der Waals surface area contributed by atoms with Gasteiger partial charge < -0.3 is 5.11 Å². The van der Waals surface area contributed by atoms with Crippen molar-refractivity contribution in [1.29, 1.82) is 0 Å². The van der Waals surface area contributed by atoms with Gasteiger partial charge >= 0.3 is 12.1 Å². The van der Waals surface area contributed by atoms with Crippen LogP contribution in [0.2, 0.25) is 0 Å². The summed E-state index contributed by atoms with van der Waals surface area (Å²) in [5, 5.41) is 6.59. The van der Waals surface area contributed by atoms with Gasteiger partial charge in [-0.05, 0) is 6.92 Å². The Bertz CT molecular complexity index is 260. The predicted molar refractivity (Wildman–Crippen MR) is 35.8 cm³/mol. The number of carbonyl (C=O) groups is 1. The van der Waals surface area contributed by atoms with E-state index < -0.39 is 22.8 Å². The molecule has 0 aromatic rings. The Labute approximate surface area is 70.9 Å². The van der Waals surface area contributed by atoms with Crippen molar-refractivity contribution in [2.45, 2.75) is 13.1 Å². The van der Waals surface area contributed by atoms with Crippen LogP contribution in [0.3, 0.4) is 0 Å². The molecule has 68 valence electrons. The standard InChI is InChI=1S/C6H4ClF3O2/c1-3(5(11)12)2-4(7)6(8,9)10/h1H3,(H,11,12). The average molecular weight is 201 g/mol. The maximum atomic E-state index is 11.6. The highest BCUT2D eigenvalue weighted by atomic mass is 35.5. The van der Waals surface area contributed by atoms with Gasteiger partial charge in [-0.25, -0.2) is 4.79 Å². The molecule has 0 atom stereocenters. The van der Waals surface area contributed by atoms with Crippen molar-refractivity contribution in [3.8, 4) is 0 Å². The summed E-state index contributed by atoms with van der Waals surface area (Å²) in [7, 11) is 0. The Kier molecular flexibility index (Phi) is 3.36. The summed E-state index contributed by atoms with van der Waals surface area (Å²) in [4.78, 5) is 10.0. The smallest absolute Gasteiger partial charge is 0.434 e. The minimum absolute atomic E-state index is 0.586. The van der Waals surface area contributed by atoms with Gasteiger partial charge in [0.2, 0.25) is 0 Å². The lowest BCUT2D eigenvalue weighted by molar-refractivity contribution is -0.132. The molecule has 0 bridgehead atoms. The van der Waals surface area contributed by atoms with Crippen LogP contribution in [0, 0.1) is 0 Å². The second-order valence-corrected chi connectivity index (χ2v) is 2.24. The molecule has 0 saturated carbocycles. The molecule has 12 heavy (non-hydrogen) atoms. The second-order valence-electron chi connectivity index (χ2n) is 1.87. The summed E-state index contributed by atoms with van der Waals surface area (Å²) in [6, 6.07) is 0. The normalized spacial score (nSPS) is 10.4. The molecule has 2 nitrogen and oxygen atoms in total. The molecule has 0 radical (unpaired) electrons. The van der Waals surface area contributed by atoms with Crippen molar-refractivity contribution >= 4 is 17.6 Å². The molecule has 0 heterocycles. The zero-order valence-electron chi connectivity index (χ0n) is 5.87. The van der Waals surface area contributed by atoms with E-state index in [9.17, 15) is 18.0 Å². The van der Waals surface area contributed by atoms with Crippen LogP contribution in [0.15, 0.2) is 16.3 Å². The van der Waals surface area contributed by atoms with Gasteiger partial charge in [0, 0.05) is 0 Å². The van der Waals surface area contributed by atoms with Crippen molar-refractivity contribution in [3.63, 3.8) is 0 Å². The summed E-state index contributed by atoms with van der Waals surface area (Å²) >= 11 is 4.69. The first kappa shape index (κ1) is 11.1. The summed E-state index contributed by atoms with van der Waals surface area (Å²) < 4.78 is 34.9. The fourth-order valence-electron chi connectivity index (χ4n) is 0.289. The van der Waals surface area contributed by atoms with Gasteiger partial charge in [0.1, 0.15) is 0 Å². The van der Waals surface area contributed by atoms with E-state index in [4.69, 9.17) is 16.7 Å². The molecule has 0 aromatic carbocycles. The first-order chi connectivity index (χ1) is 5.25. The molecule has 0 aliphatic rings. The van der Waals surface area contributed by atoms with Crippen LogP contribution in [0.1, 0.15) is 6.92 Å². The minimum atomic E-state index is -4.74. The first-order valence-electron chi connectivity index (χ1n) is 2.68. The molecule has 0 rings (SSSR count). The fourth-order valence-corrected chi connectivity index (χ4v) is 0.431. The average Bonchev–Trinajstić information content (AvgIpc) is 1.85. The Morgan fingerprint density at radius 3 is 2.17 bits per heavy atom. The van der Waals surface area contributed by atoms with E-state index in [2.05, 4.69) is 0 Å². The van der Waals surface area contributed by atoms with Crippen LogP contribution in [0.5, 0.6) is 0 Å². The highest BCUT2D eigenvalue weighted by Crippen LogP contribution is 2.27. The number of hydrogen-bond donors (Lipinski definition) is 1. The Morgan fingerprint density at radius 1 is 1.50 bits per heavy atom. The van der Waals surface area contributed by atoms with Crippen molar-refractivity contribution in [2.75, 3.05) is 0 Å². The molecule has 0 aliphatic carbocycles. The number of alkyl halides is 3. The summed E-state index contributed by atoms with van der Waals surface area (Å²) in [5.41, 5.74) is 0.908. The topological polar surface area (TPSA) is 37.3 Å². The van der Waals surface area contributed by atoms with Crippen LogP contribution in [0.25, 0.3) is 0 Å². The molecule has 6 heteroatoms. The molecule has 0 aliphatic heterocycles. The van der Waals surface area contributed by atoms with Gasteiger partial charge in [0.25, 0.3) is 0 Å². The molecule has 0 amide bonds. The van der Waals surface area contributed by atoms with E-state index in [1.807, 2.05) is 0 Å². The lowest BCUT2D eigenvalue weighted by Gasteiger charge is -1.99. The van der Waals surface area contributed by atoms with E-state index >= 15 is 0 Å². The largest absolute Gasteiger partial charge is 0.477 e. The third-order valence-corrected chi connectivity index (χ3v) is 1.18. The van der Waals surface area contributed by atoms with Crippen LogP contribution < -0.4 is 0 Å². The summed E-state index contributed by atoms with van der Waals surface area (Å²) in [5.74, 6) is -1.49. The van der Waals surface area contributed by atoms with Crippen molar-refractivity contribution in [2.24, 2.45) is 0 Å². The summed E-state index contributed by atoms with van der Waals surface area (Å²) in [6.07, 6.45) is -4.74. The molecule has 0 spiro atoms. The molecular formula is C6H4ClF3O2. The van der Waals surface area contributed by atoms with Crippen LogP contribution in [0.4, 0.5) is 13.2 Å². The van der Waals surface area contributed by atoms with Crippen LogP contribution >= 0.6 is 11.6 Å². The van der Waals surface area contributed by atoms with E-state index in [0.29, 0.717) is 0 Å². The highest BCUT2D eigenvalue weighted by Gasteiger charge is 2.32. The van der Waals surface area contributed by atoms with E-state index in [-0.39, 0.29) is 0 Å². The second kappa shape index (κ2) is 3.65. The maximum absolute atomic E-state index is 11.6. The zero-order valence-corrected chi connectivity index (χ0v) is 6.62. The molecule has 1 N–H and O–H groups in total. The lowest BCUT2D eigenvalue weighted by Crippen LogP contribution is -2.06. The Hall–Kier alpha value is -0.930.